The summed E-state index contributed by atoms with van der Waals surface area (Å²) in [5, 5.41) is 0. The van der Waals surface area contributed by atoms with Crippen molar-refractivity contribution in [1.29, 1.82) is 0 Å². The molecule has 0 spiro atoms. The zero-order valence-corrected chi connectivity index (χ0v) is 19.0. The molecular weight excluding hydrogens is 368 g/mol. The Balaban J connectivity index is 1.41. The summed E-state index contributed by atoms with van der Waals surface area (Å²) in [6.45, 7) is 10.6. The quantitative estimate of drug-likeness (QED) is 0.538. The maximum absolute atomic E-state index is 6.77. The third-order valence-corrected chi connectivity index (χ3v) is 8.79. The Hall–Kier alpha value is -1.96. The van der Waals surface area contributed by atoms with Crippen LogP contribution in [0.3, 0.4) is 0 Å². The molecule has 4 atom stereocenters. The van der Waals surface area contributed by atoms with E-state index in [1.807, 2.05) is 6.07 Å². The Morgan fingerprint density at radius 1 is 0.933 bits per heavy atom. The minimum absolute atomic E-state index is 0.0436. The lowest BCUT2D eigenvalue weighted by Gasteiger charge is -2.63. The van der Waals surface area contributed by atoms with Crippen molar-refractivity contribution in [1.82, 2.24) is 0 Å². The van der Waals surface area contributed by atoms with Gasteiger partial charge in [-0.25, -0.2) is 0 Å². The van der Waals surface area contributed by atoms with Gasteiger partial charge in [-0.05, 0) is 85.1 Å². The molecule has 2 nitrogen and oxygen atoms in total. The van der Waals surface area contributed by atoms with Gasteiger partial charge in [0.05, 0.1) is 0 Å². The molecule has 2 aliphatic carbocycles. The molecule has 2 heteroatoms. The SMILES string of the molecule is CC1(C)CCC[C@]2(C)[C@H]3Cc4cc(OCc5ccccc5)ccc4O[C@]3(C)CC[C@@H]12. The van der Waals surface area contributed by atoms with Crippen molar-refractivity contribution in [2.45, 2.75) is 78.4 Å². The number of hydrogen-bond acceptors (Lipinski definition) is 2. The lowest BCUT2D eigenvalue weighted by molar-refractivity contribution is -0.162. The first-order valence-corrected chi connectivity index (χ1v) is 11.8. The van der Waals surface area contributed by atoms with Crippen LogP contribution in [0.4, 0.5) is 0 Å². The topological polar surface area (TPSA) is 18.5 Å². The average molecular weight is 405 g/mol. The van der Waals surface area contributed by atoms with Crippen molar-refractivity contribution in [3.8, 4) is 11.5 Å². The Morgan fingerprint density at radius 2 is 1.73 bits per heavy atom. The van der Waals surface area contributed by atoms with Crippen molar-refractivity contribution >= 4 is 0 Å². The molecule has 0 saturated heterocycles. The van der Waals surface area contributed by atoms with E-state index >= 15 is 0 Å². The lowest BCUT2D eigenvalue weighted by atomic mass is 9.44. The third-order valence-electron chi connectivity index (χ3n) is 8.79. The van der Waals surface area contributed by atoms with Gasteiger partial charge in [-0.1, -0.05) is 57.5 Å². The highest BCUT2D eigenvalue weighted by Gasteiger charge is 2.60. The second kappa shape index (κ2) is 7.04. The van der Waals surface area contributed by atoms with Gasteiger partial charge in [-0.15, -0.1) is 0 Å². The highest BCUT2D eigenvalue weighted by atomic mass is 16.5. The Morgan fingerprint density at radius 3 is 2.53 bits per heavy atom. The van der Waals surface area contributed by atoms with Crippen LogP contribution >= 0.6 is 0 Å². The normalized spacial score (nSPS) is 34.1. The molecule has 3 aliphatic rings. The van der Waals surface area contributed by atoms with E-state index < -0.39 is 0 Å². The molecule has 2 aromatic rings. The van der Waals surface area contributed by atoms with Gasteiger partial charge in [0.25, 0.3) is 0 Å². The van der Waals surface area contributed by atoms with Crippen molar-refractivity contribution in [2.24, 2.45) is 22.7 Å². The fourth-order valence-corrected chi connectivity index (χ4v) is 7.29. The highest BCUT2D eigenvalue weighted by Crippen LogP contribution is 2.64. The first-order chi connectivity index (χ1) is 14.3. The summed E-state index contributed by atoms with van der Waals surface area (Å²) in [5.41, 5.74) is 3.28. The number of ether oxygens (including phenoxy) is 2. The molecule has 0 amide bonds. The average Bonchev–Trinajstić information content (AvgIpc) is 2.71. The predicted molar refractivity (Wildman–Crippen MR) is 122 cm³/mol. The maximum Gasteiger partial charge on any atom is 0.123 e. The lowest BCUT2D eigenvalue weighted by Crippen LogP contribution is -2.61. The van der Waals surface area contributed by atoms with Crippen LogP contribution in [0, 0.1) is 22.7 Å². The Bertz CT molecular complexity index is 917. The largest absolute Gasteiger partial charge is 0.489 e. The van der Waals surface area contributed by atoms with Crippen molar-refractivity contribution in [3.63, 3.8) is 0 Å². The summed E-state index contributed by atoms with van der Waals surface area (Å²) in [7, 11) is 0. The minimum Gasteiger partial charge on any atom is -0.489 e. The van der Waals surface area contributed by atoms with Crippen molar-refractivity contribution < 1.29 is 9.47 Å². The van der Waals surface area contributed by atoms with E-state index in [2.05, 4.69) is 70.2 Å². The molecular formula is C28H36O2. The molecule has 0 aromatic heterocycles. The van der Waals surface area contributed by atoms with Gasteiger partial charge in [0.15, 0.2) is 0 Å². The van der Waals surface area contributed by atoms with Gasteiger partial charge in [0.2, 0.25) is 0 Å². The summed E-state index contributed by atoms with van der Waals surface area (Å²) < 4.78 is 12.9. The Kier molecular flexibility index (Phi) is 4.69. The molecule has 160 valence electrons. The number of fused-ring (bicyclic) bond motifs is 4. The molecule has 0 bridgehead atoms. The van der Waals surface area contributed by atoms with Gasteiger partial charge >= 0.3 is 0 Å². The number of rotatable bonds is 3. The number of hydrogen-bond donors (Lipinski definition) is 0. The van der Waals surface area contributed by atoms with E-state index in [1.54, 1.807) is 0 Å². The molecule has 5 rings (SSSR count). The van der Waals surface area contributed by atoms with Crippen LogP contribution < -0.4 is 9.47 Å². The van der Waals surface area contributed by atoms with E-state index in [0.29, 0.717) is 23.4 Å². The molecule has 1 aliphatic heterocycles. The second-order valence-corrected chi connectivity index (χ2v) is 11.2. The first kappa shape index (κ1) is 20.0. The number of benzene rings is 2. The van der Waals surface area contributed by atoms with Crippen LogP contribution in [0.15, 0.2) is 48.5 Å². The van der Waals surface area contributed by atoms with E-state index in [9.17, 15) is 0 Å². The Labute approximate surface area is 182 Å². The van der Waals surface area contributed by atoms with Crippen LogP contribution in [0.2, 0.25) is 0 Å². The monoisotopic (exact) mass is 404 g/mol. The van der Waals surface area contributed by atoms with Crippen LogP contribution in [-0.4, -0.2) is 5.60 Å². The molecule has 2 fully saturated rings. The molecule has 1 heterocycles. The first-order valence-electron chi connectivity index (χ1n) is 11.8. The molecule has 30 heavy (non-hydrogen) atoms. The summed E-state index contributed by atoms with van der Waals surface area (Å²) in [6.07, 6.45) is 7.63. The standard InChI is InChI=1S/C28H36O2/c1-26(2)14-8-15-27(3)24(26)13-16-28(4)25(27)18-21-17-22(11-12-23(21)30-28)29-19-20-9-6-5-7-10-20/h5-7,9-12,17,24-25H,8,13-16,18-19H2,1-4H3/t24-,25+,27-,28+/m0/s1. The van der Waals surface area contributed by atoms with Crippen LogP contribution in [0.25, 0.3) is 0 Å². The summed E-state index contributed by atoms with van der Waals surface area (Å²) >= 11 is 0. The molecule has 0 N–H and O–H groups in total. The minimum atomic E-state index is -0.0436. The van der Waals surface area contributed by atoms with E-state index in [1.165, 1.54) is 43.2 Å². The summed E-state index contributed by atoms with van der Waals surface area (Å²) in [4.78, 5) is 0. The van der Waals surface area contributed by atoms with Gasteiger partial charge < -0.3 is 9.47 Å². The fourth-order valence-electron chi connectivity index (χ4n) is 7.29. The van der Waals surface area contributed by atoms with Gasteiger partial charge in [-0.3, -0.25) is 0 Å². The van der Waals surface area contributed by atoms with E-state index in [-0.39, 0.29) is 5.60 Å². The molecule has 2 saturated carbocycles. The van der Waals surface area contributed by atoms with Crippen molar-refractivity contribution in [2.75, 3.05) is 0 Å². The molecule has 0 unspecified atom stereocenters. The zero-order chi connectivity index (χ0) is 21.0. The highest BCUT2D eigenvalue weighted by molar-refractivity contribution is 5.43. The third kappa shape index (κ3) is 3.24. The molecule has 0 radical (unpaired) electrons. The van der Waals surface area contributed by atoms with Crippen LogP contribution in [-0.2, 0) is 13.0 Å². The van der Waals surface area contributed by atoms with E-state index in [0.717, 1.165) is 23.8 Å². The summed E-state index contributed by atoms with van der Waals surface area (Å²) in [6, 6.07) is 16.8. The maximum atomic E-state index is 6.77. The van der Waals surface area contributed by atoms with Gasteiger partial charge in [-0.2, -0.15) is 0 Å². The predicted octanol–water partition coefficient (Wildman–Crippen LogP) is 7.20. The smallest absolute Gasteiger partial charge is 0.123 e. The molecule has 2 aromatic carbocycles. The zero-order valence-electron chi connectivity index (χ0n) is 19.0. The van der Waals surface area contributed by atoms with Crippen LogP contribution in [0.1, 0.15) is 70.9 Å². The van der Waals surface area contributed by atoms with Crippen molar-refractivity contribution in [3.05, 3.63) is 59.7 Å². The van der Waals surface area contributed by atoms with E-state index in [4.69, 9.17) is 9.47 Å². The van der Waals surface area contributed by atoms with Gasteiger partial charge in [0.1, 0.15) is 23.7 Å². The fraction of sp³-hybridized carbons (Fsp3) is 0.571. The summed E-state index contributed by atoms with van der Waals surface area (Å²) in [5.74, 6) is 3.38. The van der Waals surface area contributed by atoms with Crippen LogP contribution in [0.5, 0.6) is 11.5 Å². The second-order valence-electron chi connectivity index (χ2n) is 11.2. The van der Waals surface area contributed by atoms with Gasteiger partial charge in [0, 0.05) is 5.92 Å².